The highest BCUT2D eigenvalue weighted by Gasteiger charge is 2.39. The van der Waals surface area contributed by atoms with Crippen LogP contribution in [0.2, 0.25) is 0 Å². The molecule has 1 unspecified atom stereocenters. The van der Waals surface area contributed by atoms with E-state index in [1.807, 2.05) is 13.8 Å². The van der Waals surface area contributed by atoms with Gasteiger partial charge in [-0.3, -0.25) is 5.32 Å². The third-order valence-corrected chi connectivity index (χ3v) is 7.70. The second-order valence-electron chi connectivity index (χ2n) is 9.21. The molecule has 4 rings (SSSR count). The molecule has 1 saturated heterocycles. The van der Waals surface area contributed by atoms with E-state index in [1.165, 1.54) is 19.4 Å². The van der Waals surface area contributed by atoms with Crippen LogP contribution in [0.3, 0.4) is 0 Å². The van der Waals surface area contributed by atoms with Crippen molar-refractivity contribution in [3.05, 3.63) is 22.1 Å². The number of aliphatic hydroxyl groups is 1. The maximum Gasteiger partial charge on any atom is 0.418 e. The Hall–Kier alpha value is -2.11. The van der Waals surface area contributed by atoms with Crippen LogP contribution in [0.1, 0.15) is 62.4 Å². The molecule has 0 aromatic carbocycles. The van der Waals surface area contributed by atoms with Crippen LogP contribution in [0, 0.1) is 12.8 Å². The van der Waals surface area contributed by atoms with Crippen LogP contribution in [-0.2, 0) is 10.9 Å². The second kappa shape index (κ2) is 9.50. The molecule has 0 radical (unpaired) electrons. The van der Waals surface area contributed by atoms with Crippen molar-refractivity contribution >= 4 is 27.6 Å². The first kappa shape index (κ1) is 25.0. The minimum atomic E-state index is -4.60. The number of halogens is 3. The summed E-state index contributed by atoms with van der Waals surface area (Å²) in [5.41, 5.74) is -0.535. The standard InChI is InChI=1S/C23H30F3N3O4S/c1-11-9-15(7-8-29(11)22(31)32-13(3)14-5-6-14)33-21-12(2)17(23(24,25)26)19-18(28-21)16(10-34-19)20(30)27-4/h10-11,13-15,20,27,30H,5-9H2,1-4H3/t11-,13+,15-,20?/m1/s1. The molecule has 188 valence electrons. The van der Waals surface area contributed by atoms with E-state index in [0.29, 0.717) is 25.3 Å². The summed E-state index contributed by atoms with van der Waals surface area (Å²) in [5.74, 6) is 0.341. The number of aliphatic hydroxyl groups excluding tert-OH is 1. The van der Waals surface area contributed by atoms with Crippen LogP contribution in [0.5, 0.6) is 5.88 Å². The minimum absolute atomic E-state index is 0.0302. The Morgan fingerprint density at radius 1 is 1.35 bits per heavy atom. The van der Waals surface area contributed by atoms with E-state index in [0.717, 1.165) is 24.2 Å². The lowest BCUT2D eigenvalue weighted by Gasteiger charge is -2.37. The van der Waals surface area contributed by atoms with E-state index >= 15 is 0 Å². The molecule has 0 spiro atoms. The maximum absolute atomic E-state index is 14.0. The number of aromatic nitrogens is 1. The summed E-state index contributed by atoms with van der Waals surface area (Å²) in [4.78, 5) is 18.6. The van der Waals surface area contributed by atoms with Gasteiger partial charge in [0.25, 0.3) is 0 Å². The Balaban J connectivity index is 1.55. The molecule has 2 N–H and O–H groups in total. The van der Waals surface area contributed by atoms with Gasteiger partial charge in [0.1, 0.15) is 18.4 Å². The van der Waals surface area contributed by atoms with E-state index in [1.54, 1.807) is 4.90 Å². The third-order valence-electron chi connectivity index (χ3n) is 6.69. The van der Waals surface area contributed by atoms with Crippen LogP contribution in [0.4, 0.5) is 18.0 Å². The largest absolute Gasteiger partial charge is 0.474 e. The van der Waals surface area contributed by atoms with Crippen LogP contribution in [0.15, 0.2) is 5.38 Å². The Bertz CT molecular complexity index is 1060. The smallest absolute Gasteiger partial charge is 0.418 e. The SMILES string of the molecule is CNC(O)c1csc2c(C(F)(F)F)c(C)c(O[C@@H]3CCN(C(=O)O[C@@H](C)C4CC4)[C@H](C)C3)nc12. The fourth-order valence-corrected chi connectivity index (χ4v) is 5.63. The highest BCUT2D eigenvalue weighted by Crippen LogP contribution is 2.44. The Morgan fingerprint density at radius 3 is 2.65 bits per heavy atom. The summed E-state index contributed by atoms with van der Waals surface area (Å²) in [7, 11) is 1.51. The number of thiophene rings is 1. The first-order valence-electron chi connectivity index (χ1n) is 11.5. The number of pyridine rings is 1. The molecule has 1 saturated carbocycles. The number of carbonyl (C=O) groups is 1. The number of piperidine rings is 1. The number of nitrogens with one attached hydrogen (secondary N) is 1. The zero-order valence-electron chi connectivity index (χ0n) is 19.6. The average Bonchev–Trinajstić information content (AvgIpc) is 3.53. The van der Waals surface area contributed by atoms with Gasteiger partial charge in [0.15, 0.2) is 0 Å². The molecule has 2 aromatic rings. The van der Waals surface area contributed by atoms with Crippen LogP contribution >= 0.6 is 11.3 Å². The van der Waals surface area contributed by atoms with Gasteiger partial charge in [-0.05, 0) is 46.6 Å². The normalized spacial score (nSPS) is 23.1. The summed E-state index contributed by atoms with van der Waals surface area (Å²) in [6.07, 6.45) is -3.57. The second-order valence-corrected chi connectivity index (χ2v) is 10.1. The number of likely N-dealkylation sites (tertiary alicyclic amines) is 1. The topological polar surface area (TPSA) is 83.9 Å². The number of fused-ring (bicyclic) bond motifs is 1. The molecular formula is C23H30F3N3O4S. The third kappa shape index (κ3) is 4.96. The molecule has 4 atom stereocenters. The van der Waals surface area contributed by atoms with Gasteiger partial charge in [0, 0.05) is 41.9 Å². The summed E-state index contributed by atoms with van der Waals surface area (Å²) >= 11 is 0.899. The molecule has 2 aliphatic rings. The van der Waals surface area contributed by atoms with Crippen molar-refractivity contribution in [3.8, 4) is 5.88 Å². The fourth-order valence-electron chi connectivity index (χ4n) is 4.48. The Kier molecular flexibility index (Phi) is 6.99. The van der Waals surface area contributed by atoms with Crippen LogP contribution in [0.25, 0.3) is 10.2 Å². The summed E-state index contributed by atoms with van der Waals surface area (Å²) in [6, 6.07) is -0.188. The van der Waals surface area contributed by atoms with Gasteiger partial charge >= 0.3 is 12.3 Å². The lowest BCUT2D eigenvalue weighted by atomic mass is 10.0. The van der Waals surface area contributed by atoms with Crippen molar-refractivity contribution in [2.45, 2.75) is 77.1 Å². The predicted molar refractivity (Wildman–Crippen MR) is 122 cm³/mol. The van der Waals surface area contributed by atoms with Crippen molar-refractivity contribution in [1.82, 2.24) is 15.2 Å². The van der Waals surface area contributed by atoms with Gasteiger partial charge in [-0.2, -0.15) is 13.2 Å². The molecule has 34 heavy (non-hydrogen) atoms. The zero-order chi connectivity index (χ0) is 24.8. The van der Waals surface area contributed by atoms with E-state index in [-0.39, 0.29) is 45.5 Å². The fraction of sp³-hybridized carbons (Fsp3) is 0.652. The summed E-state index contributed by atoms with van der Waals surface area (Å²) in [5, 5.41) is 14.3. The van der Waals surface area contributed by atoms with Crippen molar-refractivity contribution in [2.24, 2.45) is 5.92 Å². The number of rotatable bonds is 6. The summed E-state index contributed by atoms with van der Waals surface area (Å²) < 4.78 is 53.5. The van der Waals surface area contributed by atoms with Crippen molar-refractivity contribution < 1.29 is 32.5 Å². The Morgan fingerprint density at radius 2 is 2.06 bits per heavy atom. The molecule has 2 aromatic heterocycles. The molecule has 1 amide bonds. The van der Waals surface area contributed by atoms with Crippen molar-refractivity contribution in [1.29, 1.82) is 0 Å². The maximum atomic E-state index is 14.0. The molecule has 1 aliphatic heterocycles. The van der Waals surface area contributed by atoms with Gasteiger partial charge < -0.3 is 19.5 Å². The van der Waals surface area contributed by atoms with Gasteiger partial charge in [-0.1, -0.05) is 0 Å². The lowest BCUT2D eigenvalue weighted by molar-refractivity contribution is -0.136. The van der Waals surface area contributed by atoms with E-state index in [4.69, 9.17) is 9.47 Å². The first-order valence-corrected chi connectivity index (χ1v) is 12.4. The molecule has 2 fully saturated rings. The predicted octanol–water partition coefficient (Wildman–Crippen LogP) is 5.00. The first-order chi connectivity index (χ1) is 16.0. The molecule has 1 aliphatic carbocycles. The van der Waals surface area contributed by atoms with Gasteiger partial charge in [0.05, 0.1) is 15.8 Å². The van der Waals surface area contributed by atoms with Crippen molar-refractivity contribution in [2.75, 3.05) is 13.6 Å². The Labute approximate surface area is 200 Å². The zero-order valence-corrected chi connectivity index (χ0v) is 20.4. The number of carbonyl (C=O) groups excluding carboxylic acids is 1. The van der Waals surface area contributed by atoms with Crippen molar-refractivity contribution in [3.63, 3.8) is 0 Å². The minimum Gasteiger partial charge on any atom is -0.474 e. The molecule has 7 nitrogen and oxygen atoms in total. The molecule has 3 heterocycles. The monoisotopic (exact) mass is 501 g/mol. The van der Waals surface area contributed by atoms with Gasteiger partial charge in [-0.15, -0.1) is 11.3 Å². The number of nitrogens with zero attached hydrogens (tertiary/aromatic N) is 2. The number of hydrogen-bond donors (Lipinski definition) is 2. The molecule has 11 heteroatoms. The van der Waals surface area contributed by atoms with Crippen LogP contribution < -0.4 is 10.1 Å². The van der Waals surface area contributed by atoms with Crippen LogP contribution in [-0.4, -0.2) is 52.9 Å². The van der Waals surface area contributed by atoms with E-state index in [9.17, 15) is 23.1 Å². The highest BCUT2D eigenvalue weighted by atomic mass is 32.1. The van der Waals surface area contributed by atoms with Gasteiger partial charge in [-0.25, -0.2) is 9.78 Å². The number of alkyl halides is 3. The quantitative estimate of drug-likeness (QED) is 0.542. The highest BCUT2D eigenvalue weighted by molar-refractivity contribution is 7.17. The van der Waals surface area contributed by atoms with E-state index in [2.05, 4.69) is 10.3 Å². The van der Waals surface area contributed by atoms with E-state index < -0.39 is 24.1 Å². The lowest BCUT2D eigenvalue weighted by Crippen LogP contribution is -2.48. The number of hydrogen-bond acceptors (Lipinski definition) is 7. The number of amides is 1. The summed E-state index contributed by atoms with van der Waals surface area (Å²) in [6.45, 7) is 5.53. The van der Waals surface area contributed by atoms with Gasteiger partial charge in [0.2, 0.25) is 5.88 Å². The number of ether oxygens (including phenoxy) is 2. The average molecular weight is 502 g/mol. The molecule has 0 bridgehead atoms. The molecular weight excluding hydrogens is 471 g/mol.